The Kier molecular flexibility index (Phi) is 3.73. The molecule has 1 amide bonds. The van der Waals surface area contributed by atoms with Crippen LogP contribution in [0, 0.1) is 0 Å². The molecule has 2 aliphatic heterocycles. The number of thiophene rings is 1. The van der Waals surface area contributed by atoms with Crippen molar-refractivity contribution < 1.29 is 14.8 Å². The van der Waals surface area contributed by atoms with Crippen LogP contribution in [0.15, 0.2) is 24.3 Å². The molecule has 0 saturated heterocycles. The zero-order valence-corrected chi connectivity index (χ0v) is 14.7. The van der Waals surface area contributed by atoms with Crippen molar-refractivity contribution in [1.82, 2.24) is 5.32 Å². The summed E-state index contributed by atoms with van der Waals surface area (Å²) in [6.45, 7) is 6.57. The fourth-order valence-corrected chi connectivity index (χ4v) is 4.90. The topological polar surface area (TPSA) is 65.8 Å². The standard InChI is InChI=1S/C18H21N3O2S/c1-10(2)21-7-6-13-14(9-21)24-18-15(13)17(23)19-16(20-18)11-4-3-5-12(22)8-11/h3-5,8,10,16,20,22H,6-7,9H2,1-2H3,(H,19,23)/p+1/t16-/m1/s1. The molecule has 5 nitrogen and oxygen atoms in total. The first kappa shape index (κ1) is 15.5. The summed E-state index contributed by atoms with van der Waals surface area (Å²) in [7, 11) is 0. The van der Waals surface area contributed by atoms with Crippen LogP contribution in [0.4, 0.5) is 5.00 Å². The minimum atomic E-state index is -0.300. The summed E-state index contributed by atoms with van der Waals surface area (Å²) in [5, 5.41) is 17.1. The highest BCUT2D eigenvalue weighted by Crippen LogP contribution is 2.39. The number of carbonyl (C=O) groups excluding carboxylic acids is 1. The van der Waals surface area contributed by atoms with Gasteiger partial charge in [-0.25, -0.2) is 0 Å². The molecule has 0 saturated carbocycles. The van der Waals surface area contributed by atoms with Gasteiger partial charge in [-0.1, -0.05) is 12.1 Å². The molecule has 6 heteroatoms. The summed E-state index contributed by atoms with van der Waals surface area (Å²) >= 11 is 1.71. The number of phenols is 1. The fourth-order valence-electron chi connectivity index (χ4n) is 3.58. The molecule has 2 aliphatic rings. The third kappa shape index (κ3) is 2.56. The number of carbonyl (C=O) groups is 1. The Morgan fingerprint density at radius 1 is 1.33 bits per heavy atom. The Morgan fingerprint density at radius 3 is 2.92 bits per heavy atom. The van der Waals surface area contributed by atoms with Gasteiger partial charge in [0.1, 0.15) is 23.5 Å². The summed E-state index contributed by atoms with van der Waals surface area (Å²) in [4.78, 5) is 15.6. The molecule has 1 unspecified atom stereocenters. The molecule has 0 radical (unpaired) electrons. The average Bonchev–Trinajstić information content (AvgIpc) is 2.92. The van der Waals surface area contributed by atoms with Crippen molar-refractivity contribution >= 4 is 22.2 Å². The number of nitrogens with one attached hydrogen (secondary N) is 3. The van der Waals surface area contributed by atoms with E-state index in [1.165, 1.54) is 10.4 Å². The lowest BCUT2D eigenvalue weighted by Gasteiger charge is -2.28. The van der Waals surface area contributed by atoms with Gasteiger partial charge in [-0.3, -0.25) is 4.79 Å². The number of rotatable bonds is 2. The molecular formula is C18H22N3O2S+. The van der Waals surface area contributed by atoms with Crippen molar-refractivity contribution in [1.29, 1.82) is 0 Å². The minimum absolute atomic E-state index is 0.0115. The minimum Gasteiger partial charge on any atom is -0.508 e. The number of anilines is 1. The van der Waals surface area contributed by atoms with E-state index in [4.69, 9.17) is 0 Å². The van der Waals surface area contributed by atoms with E-state index in [1.807, 2.05) is 6.07 Å². The van der Waals surface area contributed by atoms with Crippen LogP contribution >= 0.6 is 11.3 Å². The van der Waals surface area contributed by atoms with Crippen LogP contribution in [0.1, 0.15) is 46.4 Å². The first-order valence-electron chi connectivity index (χ1n) is 8.38. The molecule has 0 bridgehead atoms. The zero-order chi connectivity index (χ0) is 16.8. The molecular weight excluding hydrogens is 322 g/mol. The second-order valence-electron chi connectivity index (χ2n) is 6.84. The summed E-state index contributed by atoms with van der Waals surface area (Å²) in [5.74, 6) is 0.193. The van der Waals surface area contributed by atoms with Gasteiger partial charge in [-0.2, -0.15) is 0 Å². The maximum absolute atomic E-state index is 12.7. The van der Waals surface area contributed by atoms with E-state index in [0.29, 0.717) is 6.04 Å². The number of hydrogen-bond acceptors (Lipinski definition) is 4. The maximum atomic E-state index is 12.7. The zero-order valence-electron chi connectivity index (χ0n) is 13.8. The molecule has 126 valence electrons. The Balaban J connectivity index is 1.66. The van der Waals surface area contributed by atoms with Gasteiger partial charge in [-0.15, -0.1) is 11.3 Å². The number of phenolic OH excluding ortho intramolecular Hbond substituents is 1. The van der Waals surface area contributed by atoms with Gasteiger partial charge in [0.05, 0.1) is 23.0 Å². The molecule has 2 atom stereocenters. The Bertz CT molecular complexity index is 800. The van der Waals surface area contributed by atoms with Crippen LogP contribution in [0.3, 0.4) is 0 Å². The van der Waals surface area contributed by atoms with Crippen LogP contribution in [0.2, 0.25) is 0 Å². The second-order valence-corrected chi connectivity index (χ2v) is 7.95. The number of fused-ring (bicyclic) bond motifs is 3. The van der Waals surface area contributed by atoms with Gasteiger partial charge in [0.25, 0.3) is 5.91 Å². The number of aromatic hydroxyl groups is 1. The molecule has 4 rings (SSSR count). The van der Waals surface area contributed by atoms with E-state index in [9.17, 15) is 9.90 Å². The van der Waals surface area contributed by atoms with Crippen molar-refractivity contribution in [2.24, 2.45) is 0 Å². The predicted molar refractivity (Wildman–Crippen MR) is 94.6 cm³/mol. The summed E-state index contributed by atoms with van der Waals surface area (Å²) in [6.07, 6.45) is 0.659. The van der Waals surface area contributed by atoms with Gasteiger partial charge < -0.3 is 20.6 Å². The van der Waals surface area contributed by atoms with Gasteiger partial charge in [-0.05, 0) is 37.1 Å². The van der Waals surface area contributed by atoms with E-state index in [1.54, 1.807) is 34.4 Å². The Hall–Kier alpha value is -2.05. The average molecular weight is 344 g/mol. The first-order chi connectivity index (χ1) is 11.5. The Morgan fingerprint density at radius 2 is 2.17 bits per heavy atom. The third-order valence-electron chi connectivity index (χ3n) is 4.97. The van der Waals surface area contributed by atoms with Crippen molar-refractivity contribution in [2.75, 3.05) is 11.9 Å². The molecule has 1 aromatic heterocycles. The normalized spacial score (nSPS) is 22.5. The van der Waals surface area contributed by atoms with E-state index in [-0.39, 0.29) is 17.8 Å². The monoisotopic (exact) mass is 344 g/mol. The molecule has 0 fully saturated rings. The maximum Gasteiger partial charge on any atom is 0.256 e. The van der Waals surface area contributed by atoms with Gasteiger partial charge >= 0.3 is 0 Å². The van der Waals surface area contributed by atoms with E-state index in [0.717, 1.165) is 35.6 Å². The first-order valence-corrected chi connectivity index (χ1v) is 9.20. The Labute approximate surface area is 145 Å². The highest BCUT2D eigenvalue weighted by Gasteiger charge is 2.35. The highest BCUT2D eigenvalue weighted by molar-refractivity contribution is 7.16. The summed E-state index contributed by atoms with van der Waals surface area (Å²) in [5.41, 5.74) is 2.91. The quantitative estimate of drug-likeness (QED) is 0.670. The van der Waals surface area contributed by atoms with E-state index in [2.05, 4.69) is 24.5 Å². The predicted octanol–water partition coefficient (Wildman–Crippen LogP) is 1.66. The van der Waals surface area contributed by atoms with Crippen LogP contribution in [-0.4, -0.2) is 23.6 Å². The molecule has 3 heterocycles. The molecule has 24 heavy (non-hydrogen) atoms. The van der Waals surface area contributed by atoms with Crippen LogP contribution in [0.25, 0.3) is 0 Å². The number of hydrogen-bond donors (Lipinski definition) is 4. The number of amides is 1. The third-order valence-corrected chi connectivity index (χ3v) is 6.14. The van der Waals surface area contributed by atoms with Crippen molar-refractivity contribution in [2.45, 2.75) is 39.0 Å². The molecule has 1 aromatic carbocycles. The van der Waals surface area contributed by atoms with Crippen molar-refractivity contribution in [3.05, 3.63) is 45.8 Å². The summed E-state index contributed by atoms with van der Waals surface area (Å²) in [6, 6.07) is 7.60. The number of quaternary nitrogens is 1. The van der Waals surface area contributed by atoms with Crippen LogP contribution in [-0.2, 0) is 13.0 Å². The van der Waals surface area contributed by atoms with Gasteiger partial charge in [0, 0.05) is 6.42 Å². The molecule has 0 spiro atoms. The van der Waals surface area contributed by atoms with Crippen LogP contribution < -0.4 is 15.5 Å². The SMILES string of the molecule is CC(C)[NH+]1CCc2c(sc3c2C(=O)N[C@@H](c2cccc(O)c2)N3)C1. The highest BCUT2D eigenvalue weighted by atomic mass is 32.1. The lowest BCUT2D eigenvalue weighted by atomic mass is 9.99. The molecule has 2 aromatic rings. The van der Waals surface area contributed by atoms with E-state index < -0.39 is 0 Å². The lowest BCUT2D eigenvalue weighted by molar-refractivity contribution is -0.936. The van der Waals surface area contributed by atoms with Crippen molar-refractivity contribution in [3.8, 4) is 5.75 Å². The summed E-state index contributed by atoms with van der Waals surface area (Å²) < 4.78 is 0. The van der Waals surface area contributed by atoms with Crippen molar-refractivity contribution in [3.63, 3.8) is 0 Å². The second kappa shape index (κ2) is 5.79. The smallest absolute Gasteiger partial charge is 0.256 e. The molecule has 4 N–H and O–H groups in total. The van der Waals surface area contributed by atoms with Gasteiger partial charge in [0.15, 0.2) is 0 Å². The fraction of sp³-hybridized carbons (Fsp3) is 0.389. The lowest BCUT2D eigenvalue weighted by Crippen LogP contribution is -3.14. The molecule has 0 aliphatic carbocycles. The van der Waals surface area contributed by atoms with Crippen LogP contribution in [0.5, 0.6) is 5.75 Å². The largest absolute Gasteiger partial charge is 0.508 e. The van der Waals surface area contributed by atoms with Gasteiger partial charge in [0.2, 0.25) is 0 Å². The van der Waals surface area contributed by atoms with E-state index >= 15 is 0 Å². The number of benzene rings is 1.